The fraction of sp³-hybridized carbons (Fsp3) is 0.333. The molecular weight excluding hydrogens is 144 g/mol. The standard InChI is InChI=1S/C12H13/c1-3-5-6-12-9-7-11(4-2)8-10-12/h7-10H,3,5-6H2,1H3/q+1. The summed E-state index contributed by atoms with van der Waals surface area (Å²) in [6, 6.07) is 8.04. The molecule has 0 radical (unpaired) electrons. The van der Waals surface area contributed by atoms with E-state index in [1.807, 2.05) is 12.1 Å². The number of hydrogen-bond donors (Lipinski definition) is 0. The van der Waals surface area contributed by atoms with Crippen molar-refractivity contribution >= 4 is 0 Å². The van der Waals surface area contributed by atoms with Gasteiger partial charge in [-0.2, -0.15) is 0 Å². The molecule has 0 unspecified atom stereocenters. The zero-order valence-electron chi connectivity index (χ0n) is 7.43. The third kappa shape index (κ3) is 2.56. The SMILES string of the molecule is [C+]#Cc1ccc(CCCC)cc1. The second-order valence-corrected chi connectivity index (χ2v) is 2.93. The van der Waals surface area contributed by atoms with E-state index >= 15 is 0 Å². The van der Waals surface area contributed by atoms with Crippen molar-refractivity contribution in [2.24, 2.45) is 0 Å². The van der Waals surface area contributed by atoms with Crippen molar-refractivity contribution in [2.45, 2.75) is 26.2 Å². The van der Waals surface area contributed by atoms with Gasteiger partial charge in [-0.1, -0.05) is 0 Å². The van der Waals surface area contributed by atoms with E-state index in [4.69, 9.17) is 6.42 Å². The molecule has 60 valence electrons. The predicted molar refractivity (Wildman–Crippen MR) is 51.3 cm³/mol. The second kappa shape index (κ2) is 4.79. The Morgan fingerprint density at radius 2 is 1.92 bits per heavy atom. The van der Waals surface area contributed by atoms with Crippen molar-refractivity contribution in [2.75, 3.05) is 0 Å². The molecule has 0 saturated heterocycles. The van der Waals surface area contributed by atoms with Crippen LogP contribution < -0.4 is 0 Å². The van der Waals surface area contributed by atoms with Crippen molar-refractivity contribution in [3.05, 3.63) is 41.8 Å². The maximum absolute atomic E-state index is 6.90. The second-order valence-electron chi connectivity index (χ2n) is 2.93. The quantitative estimate of drug-likeness (QED) is 0.467. The Labute approximate surface area is 74.6 Å². The molecule has 0 bridgehead atoms. The van der Waals surface area contributed by atoms with Gasteiger partial charge in [0, 0.05) is 0 Å². The number of aryl methyl sites for hydroxylation is 1. The summed E-state index contributed by atoms with van der Waals surface area (Å²) < 4.78 is 0. The molecule has 0 heteroatoms. The van der Waals surface area contributed by atoms with Crippen LogP contribution in [0.2, 0.25) is 0 Å². The topological polar surface area (TPSA) is 0 Å². The van der Waals surface area contributed by atoms with Gasteiger partial charge in [-0.3, -0.25) is 0 Å². The Bertz CT molecular complexity index is 261. The van der Waals surface area contributed by atoms with Gasteiger partial charge in [0.1, 0.15) is 0 Å². The Morgan fingerprint density at radius 3 is 2.42 bits per heavy atom. The first-order chi connectivity index (χ1) is 5.86. The van der Waals surface area contributed by atoms with Gasteiger partial charge < -0.3 is 0 Å². The van der Waals surface area contributed by atoms with Crippen LogP contribution in [0.4, 0.5) is 0 Å². The van der Waals surface area contributed by atoms with Gasteiger partial charge >= 0.3 is 73.9 Å². The van der Waals surface area contributed by atoms with Gasteiger partial charge in [-0.25, -0.2) is 0 Å². The van der Waals surface area contributed by atoms with Crippen molar-refractivity contribution < 1.29 is 0 Å². The van der Waals surface area contributed by atoms with Crippen LogP contribution in [-0.4, -0.2) is 0 Å². The third-order valence-corrected chi connectivity index (χ3v) is 1.92. The van der Waals surface area contributed by atoms with Crippen LogP contribution >= 0.6 is 0 Å². The first-order valence-electron chi connectivity index (χ1n) is 4.38. The zero-order valence-corrected chi connectivity index (χ0v) is 7.43. The summed E-state index contributed by atoms with van der Waals surface area (Å²) in [6.07, 6.45) is 10.5. The van der Waals surface area contributed by atoms with Crippen molar-refractivity contribution in [3.63, 3.8) is 0 Å². The molecule has 0 aliphatic heterocycles. The molecule has 1 aromatic rings. The summed E-state index contributed by atoms with van der Waals surface area (Å²) in [4.78, 5) is 0. The Hall–Kier alpha value is -1.00. The monoisotopic (exact) mass is 157 g/mol. The van der Waals surface area contributed by atoms with Crippen LogP contribution in [0.3, 0.4) is 0 Å². The molecule has 0 saturated carbocycles. The molecule has 1 rings (SSSR count). The van der Waals surface area contributed by atoms with Gasteiger partial charge in [-0.05, 0) is 0 Å². The van der Waals surface area contributed by atoms with E-state index in [0.717, 1.165) is 12.0 Å². The van der Waals surface area contributed by atoms with E-state index in [0.29, 0.717) is 0 Å². The van der Waals surface area contributed by atoms with E-state index < -0.39 is 0 Å². The first-order valence-corrected chi connectivity index (χ1v) is 4.38. The van der Waals surface area contributed by atoms with Gasteiger partial charge in [0.2, 0.25) is 0 Å². The third-order valence-electron chi connectivity index (χ3n) is 1.92. The molecule has 12 heavy (non-hydrogen) atoms. The van der Waals surface area contributed by atoms with Gasteiger partial charge in [0.15, 0.2) is 0 Å². The average molecular weight is 157 g/mol. The Morgan fingerprint density at radius 1 is 1.25 bits per heavy atom. The molecule has 0 fully saturated rings. The minimum atomic E-state index is 0.857. The molecule has 0 aliphatic rings. The number of unbranched alkanes of at least 4 members (excludes halogenated alkanes) is 1. The molecule has 0 spiro atoms. The van der Waals surface area contributed by atoms with Crippen molar-refractivity contribution in [1.82, 2.24) is 0 Å². The van der Waals surface area contributed by atoms with Crippen LogP contribution in [0.5, 0.6) is 0 Å². The summed E-state index contributed by atoms with van der Waals surface area (Å²) in [5.74, 6) is 2.36. The van der Waals surface area contributed by atoms with E-state index in [1.165, 1.54) is 18.4 Å². The Balaban J connectivity index is 2.60. The molecular formula is C12H13+. The zero-order chi connectivity index (χ0) is 8.81. The van der Waals surface area contributed by atoms with Crippen molar-refractivity contribution in [1.29, 1.82) is 0 Å². The summed E-state index contributed by atoms with van der Waals surface area (Å²) in [5.41, 5.74) is 2.21. The number of benzene rings is 1. The average Bonchev–Trinajstić information content (AvgIpc) is 2.15. The minimum absolute atomic E-state index is 0.857. The Kier molecular flexibility index (Phi) is 3.63. The van der Waals surface area contributed by atoms with Gasteiger partial charge in [0.25, 0.3) is 0 Å². The maximum atomic E-state index is 6.90. The molecule has 1 aromatic carbocycles. The van der Waals surface area contributed by atoms with E-state index in [-0.39, 0.29) is 0 Å². The van der Waals surface area contributed by atoms with Crippen LogP contribution in [-0.2, 0) is 6.42 Å². The summed E-state index contributed by atoms with van der Waals surface area (Å²) in [7, 11) is 0. The van der Waals surface area contributed by atoms with Crippen LogP contribution in [0.15, 0.2) is 24.3 Å². The van der Waals surface area contributed by atoms with Gasteiger partial charge in [-0.15, -0.1) is 0 Å². The molecule has 0 aromatic heterocycles. The first kappa shape index (κ1) is 9.09. The number of rotatable bonds is 3. The number of hydrogen-bond acceptors (Lipinski definition) is 0. The van der Waals surface area contributed by atoms with Gasteiger partial charge in [0.05, 0.1) is 0 Å². The molecule has 0 amide bonds. The van der Waals surface area contributed by atoms with Crippen LogP contribution in [0.1, 0.15) is 30.9 Å². The predicted octanol–water partition coefficient (Wildman–Crippen LogP) is 2.97. The molecule has 0 aliphatic carbocycles. The summed E-state index contributed by atoms with van der Waals surface area (Å²) in [6.45, 7) is 2.19. The fourth-order valence-electron chi connectivity index (χ4n) is 1.14. The van der Waals surface area contributed by atoms with Crippen molar-refractivity contribution in [3.8, 4) is 5.92 Å². The normalized spacial score (nSPS) is 9.58. The summed E-state index contributed by atoms with van der Waals surface area (Å²) >= 11 is 0. The molecule has 0 N–H and O–H groups in total. The van der Waals surface area contributed by atoms with E-state index in [9.17, 15) is 0 Å². The fourth-order valence-corrected chi connectivity index (χ4v) is 1.14. The van der Waals surface area contributed by atoms with E-state index in [1.54, 1.807) is 0 Å². The molecule has 0 nitrogen and oxygen atoms in total. The van der Waals surface area contributed by atoms with Crippen LogP contribution in [0.25, 0.3) is 0 Å². The molecule has 0 atom stereocenters. The van der Waals surface area contributed by atoms with Crippen LogP contribution in [0, 0.1) is 12.3 Å². The summed E-state index contributed by atoms with van der Waals surface area (Å²) in [5, 5.41) is 0. The van der Waals surface area contributed by atoms with E-state index in [2.05, 4.69) is 25.0 Å². The molecule has 0 heterocycles.